The van der Waals surface area contributed by atoms with Gasteiger partial charge in [-0.25, -0.2) is 4.79 Å². The van der Waals surface area contributed by atoms with Gasteiger partial charge in [0.05, 0.1) is 6.04 Å². The van der Waals surface area contributed by atoms with Crippen molar-refractivity contribution in [3.8, 4) is 5.75 Å². The van der Waals surface area contributed by atoms with Crippen LogP contribution in [0.5, 0.6) is 5.75 Å². The minimum absolute atomic E-state index is 0.00778. The molecule has 0 aliphatic rings. The highest BCUT2D eigenvalue weighted by Crippen LogP contribution is 2.16. The molecule has 14 heteroatoms. The number of hydrogen-bond donors (Lipinski definition) is 8. The van der Waals surface area contributed by atoms with E-state index in [-0.39, 0.29) is 24.0 Å². The molecule has 0 radical (unpaired) electrons. The fourth-order valence-electron chi connectivity index (χ4n) is 5.29. The summed E-state index contributed by atoms with van der Waals surface area (Å²) in [6.07, 6.45) is 1.68. The maximum Gasteiger partial charge on any atom is 0.326 e. The van der Waals surface area contributed by atoms with Crippen LogP contribution in [0.2, 0.25) is 0 Å². The van der Waals surface area contributed by atoms with Crippen molar-refractivity contribution in [3.63, 3.8) is 0 Å². The van der Waals surface area contributed by atoms with Gasteiger partial charge in [-0.15, -0.1) is 0 Å². The summed E-state index contributed by atoms with van der Waals surface area (Å²) >= 11 is 0. The van der Waals surface area contributed by atoms with E-state index in [1.165, 1.54) is 12.1 Å². The number of carbonyl (C=O) groups is 6. The molecule has 9 atom stereocenters. The van der Waals surface area contributed by atoms with Gasteiger partial charge in [0.25, 0.3) is 0 Å². The summed E-state index contributed by atoms with van der Waals surface area (Å²) in [6, 6.07) is -0.405. The molecular weight excluding hydrogens is 656 g/mol. The summed E-state index contributed by atoms with van der Waals surface area (Å²) in [4.78, 5) is 79.6. The molecule has 0 aliphatic carbocycles. The van der Waals surface area contributed by atoms with E-state index < -0.39 is 89.5 Å². The minimum Gasteiger partial charge on any atom is -0.508 e. The largest absolute Gasteiger partial charge is 0.508 e. The van der Waals surface area contributed by atoms with Crippen LogP contribution in [0, 0.1) is 29.6 Å². The Kier molecular flexibility index (Phi) is 18.7. The predicted octanol–water partition coefficient (Wildman–Crippen LogP) is 2.22. The molecule has 1 aromatic carbocycles. The highest BCUT2D eigenvalue weighted by molar-refractivity contribution is 5.96. The molecule has 0 aliphatic heterocycles. The number of benzene rings is 1. The summed E-state index contributed by atoms with van der Waals surface area (Å²) in [5.74, 6) is -5.93. The molecular formula is C37H62N6O8. The molecule has 0 bridgehead atoms. The van der Waals surface area contributed by atoms with Crippen LogP contribution in [0.1, 0.15) is 94.1 Å². The van der Waals surface area contributed by atoms with Crippen molar-refractivity contribution in [1.82, 2.24) is 26.6 Å². The molecule has 0 saturated carbocycles. The van der Waals surface area contributed by atoms with E-state index in [2.05, 4.69) is 26.6 Å². The zero-order valence-corrected chi connectivity index (χ0v) is 31.9. The number of phenols is 1. The van der Waals surface area contributed by atoms with Crippen molar-refractivity contribution in [2.75, 3.05) is 0 Å². The van der Waals surface area contributed by atoms with Crippen LogP contribution in [0.25, 0.3) is 0 Å². The Labute approximate surface area is 302 Å². The quantitative estimate of drug-likeness (QED) is 0.0931. The average Bonchev–Trinajstić information content (AvgIpc) is 3.08. The lowest BCUT2D eigenvalue weighted by Crippen LogP contribution is -2.62. The Morgan fingerprint density at radius 1 is 0.569 bits per heavy atom. The van der Waals surface area contributed by atoms with Crippen molar-refractivity contribution < 1.29 is 39.0 Å². The molecule has 0 spiro atoms. The van der Waals surface area contributed by atoms with E-state index in [0.717, 1.165) is 0 Å². The van der Waals surface area contributed by atoms with E-state index >= 15 is 0 Å². The van der Waals surface area contributed by atoms with Crippen molar-refractivity contribution in [2.24, 2.45) is 35.3 Å². The molecule has 9 N–H and O–H groups in total. The number of carboxylic acids is 1. The third-order valence-corrected chi connectivity index (χ3v) is 9.63. The van der Waals surface area contributed by atoms with Crippen molar-refractivity contribution in [1.29, 1.82) is 0 Å². The molecule has 1 rings (SSSR count). The normalized spacial score (nSPS) is 16.7. The number of nitrogens with one attached hydrogen (secondary N) is 5. The number of aliphatic carboxylic acids is 1. The van der Waals surface area contributed by atoms with Crippen LogP contribution in [0.3, 0.4) is 0 Å². The van der Waals surface area contributed by atoms with Crippen LogP contribution < -0.4 is 32.3 Å². The SMILES string of the molecule is CC[C@H](C)[C@H](N)C(=O)N[C@H](C(=O)N[C@H](C(=O)N[C@H](C(=O)N[C@@H](Cc1ccc(O)cc1)C(=O)N[C@H](C(=O)O)C(C)C)[C@@H](C)CC)C(C)C)[C@@H](C)CC. The van der Waals surface area contributed by atoms with Crippen LogP contribution in [-0.2, 0) is 35.2 Å². The van der Waals surface area contributed by atoms with Gasteiger partial charge < -0.3 is 42.5 Å². The average molecular weight is 719 g/mol. The van der Waals surface area contributed by atoms with E-state index in [0.29, 0.717) is 24.8 Å². The first kappa shape index (κ1) is 44.8. The van der Waals surface area contributed by atoms with Crippen LogP contribution in [0.15, 0.2) is 24.3 Å². The highest BCUT2D eigenvalue weighted by atomic mass is 16.4. The Bertz CT molecular complexity index is 1320. The molecule has 0 unspecified atom stereocenters. The zero-order chi connectivity index (χ0) is 39.2. The van der Waals surface area contributed by atoms with E-state index in [9.17, 15) is 39.0 Å². The lowest BCUT2D eigenvalue weighted by atomic mass is 9.94. The number of amides is 5. The number of rotatable bonds is 21. The summed E-state index contributed by atoms with van der Waals surface area (Å²) in [6.45, 7) is 17.8. The van der Waals surface area contributed by atoms with Gasteiger partial charge in [-0.1, -0.05) is 101 Å². The van der Waals surface area contributed by atoms with Crippen molar-refractivity contribution >= 4 is 35.5 Å². The Balaban J connectivity index is 3.34. The van der Waals surface area contributed by atoms with Gasteiger partial charge in [-0.05, 0) is 47.3 Å². The zero-order valence-electron chi connectivity index (χ0n) is 31.9. The standard InChI is InChI=1S/C37H62N6O8/c1-11-21(8)27(38)33(46)42-31(23(10)13-3)36(49)40-28(19(4)5)34(47)43-30(22(9)12-2)35(48)39-26(18-24-14-16-25(44)17-15-24)32(45)41-29(20(6)7)37(50)51/h14-17,19-23,26-31,44H,11-13,18,38H2,1-10H3,(H,39,48)(H,40,49)(H,41,45)(H,42,46)(H,43,47)(H,50,51)/t21-,22-,23-,26-,27-,28-,29-,30-,31-/m0/s1. The van der Waals surface area contributed by atoms with Gasteiger partial charge in [0.15, 0.2) is 0 Å². The first-order valence-electron chi connectivity index (χ1n) is 18.1. The molecule has 5 amide bonds. The minimum atomic E-state index is -1.23. The molecule has 1 aromatic rings. The van der Waals surface area contributed by atoms with Gasteiger partial charge in [-0.3, -0.25) is 24.0 Å². The smallest absolute Gasteiger partial charge is 0.326 e. The summed E-state index contributed by atoms with van der Waals surface area (Å²) in [5, 5.41) is 33.0. The van der Waals surface area contributed by atoms with Crippen LogP contribution in [-0.4, -0.2) is 82.0 Å². The molecule has 0 fully saturated rings. The van der Waals surface area contributed by atoms with Crippen LogP contribution in [0.4, 0.5) is 0 Å². The summed E-state index contributed by atoms with van der Waals surface area (Å²) in [5.41, 5.74) is 6.72. The van der Waals surface area contributed by atoms with Gasteiger partial charge in [0, 0.05) is 6.42 Å². The topological polar surface area (TPSA) is 229 Å². The molecule has 0 aromatic heterocycles. The maximum atomic E-state index is 13.9. The van der Waals surface area contributed by atoms with E-state index in [1.807, 2.05) is 34.6 Å². The van der Waals surface area contributed by atoms with Crippen LogP contribution >= 0.6 is 0 Å². The first-order valence-corrected chi connectivity index (χ1v) is 18.1. The second kappa shape index (κ2) is 21.2. The molecule has 51 heavy (non-hydrogen) atoms. The third kappa shape index (κ3) is 13.8. The molecule has 288 valence electrons. The predicted molar refractivity (Wildman–Crippen MR) is 195 cm³/mol. The van der Waals surface area contributed by atoms with Gasteiger partial charge in [0.2, 0.25) is 29.5 Å². The fraction of sp³-hybridized carbons (Fsp3) is 0.676. The first-order chi connectivity index (χ1) is 23.8. The Morgan fingerprint density at radius 2 is 0.961 bits per heavy atom. The number of aromatic hydroxyl groups is 1. The van der Waals surface area contributed by atoms with Gasteiger partial charge in [0.1, 0.15) is 36.0 Å². The Morgan fingerprint density at radius 3 is 1.39 bits per heavy atom. The third-order valence-electron chi connectivity index (χ3n) is 9.63. The maximum absolute atomic E-state index is 13.9. The molecule has 14 nitrogen and oxygen atoms in total. The number of carbonyl (C=O) groups excluding carboxylic acids is 5. The second-order valence-electron chi connectivity index (χ2n) is 14.4. The van der Waals surface area contributed by atoms with E-state index in [1.54, 1.807) is 46.8 Å². The lowest BCUT2D eigenvalue weighted by Gasteiger charge is -2.31. The summed E-state index contributed by atoms with van der Waals surface area (Å²) in [7, 11) is 0. The molecule has 0 heterocycles. The highest BCUT2D eigenvalue weighted by Gasteiger charge is 2.37. The summed E-state index contributed by atoms with van der Waals surface area (Å²) < 4.78 is 0. The van der Waals surface area contributed by atoms with E-state index in [4.69, 9.17) is 5.73 Å². The van der Waals surface area contributed by atoms with Gasteiger partial charge >= 0.3 is 5.97 Å². The lowest BCUT2D eigenvalue weighted by molar-refractivity contribution is -0.143. The second-order valence-corrected chi connectivity index (χ2v) is 14.4. The Hall–Kier alpha value is -4.20. The fourth-order valence-corrected chi connectivity index (χ4v) is 5.29. The number of hydrogen-bond acceptors (Lipinski definition) is 8. The number of nitrogens with two attached hydrogens (primary N) is 1. The number of carboxylic acid groups (broad SMARTS) is 1. The molecule has 0 saturated heterocycles. The monoisotopic (exact) mass is 718 g/mol. The van der Waals surface area contributed by atoms with Gasteiger partial charge in [-0.2, -0.15) is 0 Å². The van der Waals surface area contributed by atoms with Crippen molar-refractivity contribution in [3.05, 3.63) is 29.8 Å². The van der Waals surface area contributed by atoms with Crippen molar-refractivity contribution in [2.45, 2.75) is 131 Å². The number of phenolic OH excluding ortho intramolecular Hbond substituents is 1.